The molecule has 1 aliphatic heterocycles. The van der Waals surface area contributed by atoms with Gasteiger partial charge >= 0.3 is 35.8 Å². The molecule has 73 heavy (non-hydrogen) atoms. The summed E-state index contributed by atoms with van der Waals surface area (Å²) in [5.74, 6) is -1.82. The molecular formula is C58H108N2O13. The first-order chi connectivity index (χ1) is 35.2. The average Bonchev–Trinajstić information content (AvgIpc) is 3.79. The van der Waals surface area contributed by atoms with Crippen LogP contribution < -0.4 is 0 Å². The normalized spacial score (nSPS) is 14.2. The van der Waals surface area contributed by atoms with Crippen LogP contribution >= 0.6 is 0 Å². The lowest BCUT2D eigenvalue weighted by Gasteiger charge is -2.29. The van der Waals surface area contributed by atoms with E-state index in [0.717, 1.165) is 57.8 Å². The molecule has 0 bridgehead atoms. The minimum Gasteiger partial charge on any atom is -0.466 e. The van der Waals surface area contributed by atoms with Gasteiger partial charge in [0.15, 0.2) is 0 Å². The molecule has 0 aromatic rings. The van der Waals surface area contributed by atoms with Crippen LogP contribution in [0.4, 0.5) is 0 Å². The highest BCUT2D eigenvalue weighted by atomic mass is 16.6. The number of ether oxygens (including phenoxy) is 6. The van der Waals surface area contributed by atoms with Crippen molar-refractivity contribution in [2.75, 3.05) is 59.3 Å². The van der Waals surface area contributed by atoms with Crippen molar-refractivity contribution in [1.29, 1.82) is 0 Å². The van der Waals surface area contributed by atoms with Gasteiger partial charge in [0.1, 0.15) is 13.2 Å². The van der Waals surface area contributed by atoms with Crippen LogP contribution in [0.3, 0.4) is 0 Å². The Bertz CT molecular complexity index is 1360. The number of nitrogens with zero attached hydrogens (tertiary/aromatic N) is 2. The van der Waals surface area contributed by atoms with E-state index in [-0.39, 0.29) is 75.2 Å². The van der Waals surface area contributed by atoms with Crippen LogP contribution in [0.15, 0.2) is 0 Å². The third-order valence-corrected chi connectivity index (χ3v) is 12.7. The van der Waals surface area contributed by atoms with E-state index in [1.807, 2.05) is 6.92 Å². The molecule has 0 aromatic carbocycles. The number of esters is 6. The number of rotatable bonds is 43. The topological polar surface area (TPSA) is 181 Å². The Hall–Kier alpha value is -3.75. The number of carbonyl (C=O) groups is 7. The van der Waals surface area contributed by atoms with Gasteiger partial charge in [0.25, 0.3) is 0 Å². The maximum absolute atomic E-state index is 12.8. The summed E-state index contributed by atoms with van der Waals surface area (Å²) >= 11 is 0. The molecule has 1 rings (SSSR count). The molecule has 0 aliphatic carbocycles. The molecule has 1 fully saturated rings. The molecule has 15 heteroatoms. The molecule has 15 nitrogen and oxygen atoms in total. The van der Waals surface area contributed by atoms with E-state index in [4.69, 9.17) is 28.4 Å². The van der Waals surface area contributed by atoms with Crippen molar-refractivity contribution >= 4 is 41.7 Å². The molecule has 0 N–H and O–H groups in total. The van der Waals surface area contributed by atoms with Crippen LogP contribution in [0.1, 0.15) is 255 Å². The fraction of sp³-hybridized carbons (Fsp3) is 0.879. The monoisotopic (exact) mass is 1040 g/mol. The number of unbranched alkanes of at least 4 members (excludes halogenated alkanes) is 20. The van der Waals surface area contributed by atoms with Crippen LogP contribution in [-0.4, -0.2) is 123 Å². The first-order valence-electron chi connectivity index (χ1n) is 29.2. The molecule has 1 amide bonds. The molecule has 1 saturated heterocycles. The van der Waals surface area contributed by atoms with Gasteiger partial charge in [0, 0.05) is 26.2 Å². The molecule has 0 spiro atoms. The molecule has 3 unspecified atom stereocenters. The lowest BCUT2D eigenvalue weighted by Crippen LogP contribution is -2.45. The summed E-state index contributed by atoms with van der Waals surface area (Å²) in [5.41, 5.74) is 0. The Kier molecular flexibility index (Phi) is 50.5. The van der Waals surface area contributed by atoms with Gasteiger partial charge < -0.3 is 33.3 Å². The predicted octanol–water partition coefficient (Wildman–Crippen LogP) is 12.6. The second kappa shape index (κ2) is 51.7. The molecule has 0 aromatic heterocycles. The summed E-state index contributed by atoms with van der Waals surface area (Å²) in [5, 5.41) is 0. The number of hydrogen-bond acceptors (Lipinski definition) is 14. The van der Waals surface area contributed by atoms with E-state index in [1.54, 1.807) is 11.8 Å². The molecule has 1 heterocycles. The van der Waals surface area contributed by atoms with Crippen LogP contribution in [0.25, 0.3) is 0 Å². The van der Waals surface area contributed by atoms with Crippen molar-refractivity contribution in [2.45, 2.75) is 267 Å². The first kappa shape index (κ1) is 71.3. The molecule has 3 atom stereocenters. The lowest BCUT2D eigenvalue weighted by molar-refractivity contribution is -0.154. The molecule has 0 saturated carbocycles. The third kappa shape index (κ3) is 45.4. The van der Waals surface area contributed by atoms with Crippen molar-refractivity contribution in [2.24, 2.45) is 5.92 Å². The number of carbonyl (C=O) groups excluding carboxylic acids is 7. The Balaban J connectivity index is 0. The molecular weight excluding hydrogens is 933 g/mol. The van der Waals surface area contributed by atoms with E-state index in [9.17, 15) is 33.6 Å². The van der Waals surface area contributed by atoms with Crippen LogP contribution in [0.5, 0.6) is 0 Å². The quantitative estimate of drug-likeness (QED) is 0.0319. The highest BCUT2D eigenvalue weighted by molar-refractivity contribution is 5.78. The summed E-state index contributed by atoms with van der Waals surface area (Å²) in [6.07, 6.45) is 31.2. The van der Waals surface area contributed by atoms with E-state index in [1.165, 1.54) is 115 Å². The lowest BCUT2D eigenvalue weighted by atomic mass is 10.1. The van der Waals surface area contributed by atoms with Crippen LogP contribution in [0.2, 0.25) is 0 Å². The number of amides is 1. The maximum atomic E-state index is 12.8. The number of likely N-dealkylation sites (tertiary alicyclic amines) is 1. The van der Waals surface area contributed by atoms with Crippen molar-refractivity contribution in [3.63, 3.8) is 0 Å². The van der Waals surface area contributed by atoms with Gasteiger partial charge in [0.2, 0.25) is 5.91 Å². The maximum Gasteiger partial charge on any atom is 0.320 e. The zero-order valence-corrected chi connectivity index (χ0v) is 48.0. The van der Waals surface area contributed by atoms with E-state index in [0.29, 0.717) is 58.0 Å². The zero-order chi connectivity index (χ0) is 54.7. The second-order valence-electron chi connectivity index (χ2n) is 19.7. The molecule has 1 aliphatic rings. The van der Waals surface area contributed by atoms with Gasteiger partial charge in [0.05, 0.1) is 58.1 Å². The highest BCUT2D eigenvalue weighted by Gasteiger charge is 2.37. The zero-order valence-electron chi connectivity index (χ0n) is 48.0. The van der Waals surface area contributed by atoms with Crippen molar-refractivity contribution in [3.05, 3.63) is 0 Å². The minimum atomic E-state index is -0.623. The summed E-state index contributed by atoms with van der Waals surface area (Å²) in [7, 11) is 0. The van der Waals surface area contributed by atoms with Gasteiger partial charge in [-0.25, -0.2) is 0 Å². The van der Waals surface area contributed by atoms with Crippen molar-refractivity contribution < 1.29 is 62.0 Å². The van der Waals surface area contributed by atoms with Crippen LogP contribution in [0, 0.1) is 5.92 Å². The Morgan fingerprint density at radius 2 is 0.699 bits per heavy atom. The Morgan fingerprint density at radius 1 is 0.411 bits per heavy atom. The summed E-state index contributed by atoms with van der Waals surface area (Å²) in [4.78, 5) is 86.8. The predicted molar refractivity (Wildman–Crippen MR) is 290 cm³/mol. The third-order valence-electron chi connectivity index (χ3n) is 12.7. The smallest absolute Gasteiger partial charge is 0.320 e. The molecule has 0 radical (unpaired) electrons. The van der Waals surface area contributed by atoms with Crippen LogP contribution in [-0.2, 0) is 62.0 Å². The fourth-order valence-electron chi connectivity index (χ4n) is 8.00. The minimum absolute atomic E-state index is 0.0251. The van der Waals surface area contributed by atoms with Gasteiger partial charge in [-0.1, -0.05) is 190 Å². The summed E-state index contributed by atoms with van der Waals surface area (Å²) < 4.78 is 31.6. The Morgan fingerprint density at radius 3 is 1.03 bits per heavy atom. The van der Waals surface area contributed by atoms with E-state index < -0.39 is 17.9 Å². The highest BCUT2D eigenvalue weighted by Crippen LogP contribution is 2.25. The van der Waals surface area contributed by atoms with E-state index >= 15 is 0 Å². The summed E-state index contributed by atoms with van der Waals surface area (Å²) in [6.45, 7) is 19.0. The summed E-state index contributed by atoms with van der Waals surface area (Å²) in [6, 6.07) is -0.620. The fourth-order valence-corrected chi connectivity index (χ4v) is 8.00. The Labute approximate surface area is 444 Å². The standard InChI is InChI=1S/C33H58N2O9.C14H28O2.C11H22O2/c1-5-8-10-12-14-16-20-41-31(38)22-34(23-32(39)42-21-17-15-13-11-9-6-2)24-33(40)44-26-29-19-18-28(35(29)27(4)36)25-43-30(37)7-3;1-4-6-7-8-9-10-11-16-14(15)12-13(3)5-2;1-3-5-6-7-8-9-10-13-11(12)4-2/h28-29H,5-26H2,1-4H3;13H,4-12H2,1-3H3;3-10H2,1-2H3. The average molecular weight is 1040 g/mol. The van der Waals surface area contributed by atoms with Gasteiger partial charge in [-0.15, -0.1) is 0 Å². The van der Waals surface area contributed by atoms with Gasteiger partial charge in [-0.2, -0.15) is 0 Å². The molecule has 428 valence electrons. The SMILES string of the molecule is CCCCCCCCOC(=O)CC.CCCCCCCCOC(=O)CC(C)CC.CCCCCCCCOC(=O)CN(CC(=O)OCCCCCCCC)CC(=O)OCC1CCC(COC(=O)CC)N1C(C)=O. The van der Waals surface area contributed by atoms with Gasteiger partial charge in [-0.05, 0) is 44.4 Å². The number of hydrogen-bond donors (Lipinski definition) is 0. The van der Waals surface area contributed by atoms with Crippen molar-refractivity contribution in [1.82, 2.24) is 9.80 Å². The van der Waals surface area contributed by atoms with Gasteiger partial charge in [-0.3, -0.25) is 38.5 Å². The first-order valence-corrected chi connectivity index (χ1v) is 29.2. The largest absolute Gasteiger partial charge is 0.466 e. The van der Waals surface area contributed by atoms with E-state index in [2.05, 4.69) is 41.5 Å². The van der Waals surface area contributed by atoms with Crippen molar-refractivity contribution in [3.8, 4) is 0 Å². The second-order valence-corrected chi connectivity index (χ2v) is 19.7.